The Kier molecular flexibility index (Phi) is 8.02. The van der Waals surface area contributed by atoms with E-state index in [4.69, 9.17) is 9.47 Å². The molecule has 166 valence electrons. The summed E-state index contributed by atoms with van der Waals surface area (Å²) < 4.78 is 10.9. The number of esters is 1. The predicted molar refractivity (Wildman–Crippen MR) is 130 cm³/mol. The van der Waals surface area contributed by atoms with Crippen molar-refractivity contribution in [1.29, 1.82) is 0 Å². The second-order valence-corrected chi connectivity index (χ2v) is 10.3. The number of hydrogen-bond donors (Lipinski definition) is 1. The van der Waals surface area contributed by atoms with E-state index < -0.39 is 25.6 Å². The molecule has 0 aromatic heterocycles. The molecule has 3 aromatic rings. The van der Waals surface area contributed by atoms with Gasteiger partial charge in [0.05, 0.1) is 6.42 Å². The van der Waals surface area contributed by atoms with Gasteiger partial charge in [0.25, 0.3) is 0 Å². The van der Waals surface area contributed by atoms with Crippen molar-refractivity contribution in [3.05, 3.63) is 84.9 Å². The van der Waals surface area contributed by atoms with E-state index in [9.17, 15) is 9.59 Å². The fraction of sp³-hybridized carbons (Fsp3) is 0.231. The van der Waals surface area contributed by atoms with Crippen LogP contribution in [-0.2, 0) is 9.53 Å². The molecular formula is C26H28NO4P. The van der Waals surface area contributed by atoms with Crippen molar-refractivity contribution < 1.29 is 19.1 Å². The van der Waals surface area contributed by atoms with Crippen LogP contribution in [0.5, 0.6) is 5.75 Å². The fourth-order valence-electron chi connectivity index (χ4n) is 3.06. The Morgan fingerprint density at radius 1 is 0.812 bits per heavy atom. The van der Waals surface area contributed by atoms with Crippen molar-refractivity contribution >= 4 is 35.9 Å². The van der Waals surface area contributed by atoms with Crippen LogP contribution in [0.1, 0.15) is 27.2 Å². The van der Waals surface area contributed by atoms with Crippen LogP contribution in [-0.4, -0.2) is 24.2 Å². The first kappa shape index (κ1) is 23.5. The van der Waals surface area contributed by atoms with E-state index in [1.165, 1.54) is 10.6 Å². The molecule has 0 unspecified atom stereocenters. The summed E-state index contributed by atoms with van der Waals surface area (Å²) in [4.78, 5) is 24.3. The third-order valence-corrected chi connectivity index (χ3v) is 6.84. The number of alkyl carbamates (subject to hydrolysis) is 1. The first-order chi connectivity index (χ1) is 15.3. The van der Waals surface area contributed by atoms with Gasteiger partial charge >= 0.3 is 12.1 Å². The molecule has 0 radical (unpaired) electrons. The Balaban J connectivity index is 1.75. The summed E-state index contributed by atoms with van der Waals surface area (Å²) in [6.45, 7) is 5.50. The van der Waals surface area contributed by atoms with Gasteiger partial charge in [-0.1, -0.05) is 78.9 Å². The minimum Gasteiger partial charge on any atom is -0.444 e. The molecule has 0 spiro atoms. The number of nitrogens with one attached hydrogen (secondary N) is 1. The zero-order valence-corrected chi connectivity index (χ0v) is 19.5. The van der Waals surface area contributed by atoms with Crippen molar-refractivity contribution in [2.45, 2.75) is 32.8 Å². The van der Waals surface area contributed by atoms with Crippen molar-refractivity contribution in [2.75, 3.05) is 6.54 Å². The van der Waals surface area contributed by atoms with E-state index in [1.54, 1.807) is 20.8 Å². The number of carbonyl (C=O) groups excluding carboxylic acids is 2. The lowest BCUT2D eigenvalue weighted by atomic mass is 10.2. The number of ether oxygens (including phenoxy) is 2. The highest BCUT2D eigenvalue weighted by molar-refractivity contribution is 7.80. The number of para-hydroxylation sites is 1. The van der Waals surface area contributed by atoms with Crippen LogP contribution in [0.3, 0.4) is 0 Å². The molecule has 3 aromatic carbocycles. The summed E-state index contributed by atoms with van der Waals surface area (Å²) in [5, 5.41) is 5.89. The average Bonchev–Trinajstić information content (AvgIpc) is 2.75. The van der Waals surface area contributed by atoms with Gasteiger partial charge in [0.1, 0.15) is 11.4 Å². The second-order valence-electron chi connectivity index (χ2n) is 8.13. The maximum Gasteiger partial charge on any atom is 0.407 e. The molecule has 6 heteroatoms. The molecule has 3 rings (SSSR count). The van der Waals surface area contributed by atoms with Crippen LogP contribution in [0, 0.1) is 0 Å². The normalized spacial score (nSPS) is 11.1. The minimum absolute atomic E-state index is 0.0438. The van der Waals surface area contributed by atoms with Gasteiger partial charge in [-0.15, -0.1) is 0 Å². The third-order valence-electron chi connectivity index (χ3n) is 4.36. The van der Waals surface area contributed by atoms with E-state index in [-0.39, 0.29) is 13.0 Å². The molecule has 0 saturated carbocycles. The van der Waals surface area contributed by atoms with Crippen LogP contribution >= 0.6 is 7.92 Å². The molecule has 32 heavy (non-hydrogen) atoms. The SMILES string of the molecule is CC(C)(C)OC(=O)NCCC(=O)Oc1ccccc1P(c1ccccc1)c1ccccc1. The van der Waals surface area contributed by atoms with Crippen molar-refractivity contribution in [3.63, 3.8) is 0 Å². The number of rotatable bonds is 7. The zero-order valence-electron chi connectivity index (χ0n) is 18.6. The topological polar surface area (TPSA) is 64.6 Å². The predicted octanol–water partition coefficient (Wildman–Crippen LogP) is 4.27. The Labute approximate surface area is 190 Å². The van der Waals surface area contributed by atoms with E-state index in [1.807, 2.05) is 60.7 Å². The molecule has 0 fully saturated rings. The maximum atomic E-state index is 12.5. The highest BCUT2D eigenvalue weighted by atomic mass is 31.1. The van der Waals surface area contributed by atoms with Crippen LogP contribution < -0.4 is 26.0 Å². The molecule has 0 aliphatic carbocycles. The van der Waals surface area contributed by atoms with Crippen LogP contribution in [0.15, 0.2) is 84.9 Å². The number of hydrogen-bond acceptors (Lipinski definition) is 4. The molecule has 5 nitrogen and oxygen atoms in total. The molecule has 0 atom stereocenters. The first-order valence-electron chi connectivity index (χ1n) is 10.5. The lowest BCUT2D eigenvalue weighted by molar-refractivity contribution is -0.134. The molecule has 0 heterocycles. The Bertz CT molecular complexity index is 993. The number of benzene rings is 3. The van der Waals surface area contributed by atoms with Gasteiger partial charge in [-0.05, 0) is 45.4 Å². The minimum atomic E-state index is -0.903. The molecule has 0 aliphatic heterocycles. The smallest absolute Gasteiger partial charge is 0.407 e. The van der Waals surface area contributed by atoms with E-state index >= 15 is 0 Å². The Hall–Kier alpha value is -3.17. The van der Waals surface area contributed by atoms with E-state index in [0.29, 0.717) is 5.75 Å². The van der Waals surface area contributed by atoms with Crippen molar-refractivity contribution in [2.24, 2.45) is 0 Å². The zero-order chi connectivity index (χ0) is 23.0. The number of carbonyl (C=O) groups is 2. The van der Waals surface area contributed by atoms with Crippen molar-refractivity contribution in [3.8, 4) is 5.75 Å². The monoisotopic (exact) mass is 449 g/mol. The van der Waals surface area contributed by atoms with Gasteiger partial charge in [0.15, 0.2) is 0 Å². The summed E-state index contributed by atoms with van der Waals surface area (Å²) >= 11 is 0. The Morgan fingerprint density at radius 2 is 1.34 bits per heavy atom. The van der Waals surface area contributed by atoms with Crippen LogP contribution in [0.2, 0.25) is 0 Å². The Morgan fingerprint density at radius 3 is 1.91 bits per heavy atom. The second kappa shape index (κ2) is 10.9. The quantitative estimate of drug-likeness (QED) is 0.333. The average molecular weight is 449 g/mol. The number of amides is 1. The van der Waals surface area contributed by atoms with Gasteiger partial charge in [-0.3, -0.25) is 4.79 Å². The summed E-state index contributed by atoms with van der Waals surface area (Å²) in [5.41, 5.74) is -0.588. The maximum absolute atomic E-state index is 12.5. The standard InChI is InChI=1S/C26H28NO4P/c1-26(2,3)31-25(29)27-19-18-24(28)30-22-16-10-11-17-23(22)32(20-12-6-4-7-13-20)21-14-8-5-9-15-21/h4-17H,18-19H2,1-3H3,(H,27,29). The van der Waals surface area contributed by atoms with Gasteiger partial charge < -0.3 is 14.8 Å². The van der Waals surface area contributed by atoms with Gasteiger partial charge in [-0.2, -0.15) is 0 Å². The molecule has 0 bridgehead atoms. The lowest BCUT2D eigenvalue weighted by Crippen LogP contribution is -2.34. The molecular weight excluding hydrogens is 421 g/mol. The summed E-state index contributed by atoms with van der Waals surface area (Å²) in [6.07, 6.45) is -0.510. The van der Waals surface area contributed by atoms with Crippen LogP contribution in [0.25, 0.3) is 0 Å². The summed E-state index contributed by atoms with van der Waals surface area (Å²) in [6, 6.07) is 28.1. The summed E-state index contributed by atoms with van der Waals surface area (Å²) in [5.74, 6) is 0.123. The van der Waals surface area contributed by atoms with Gasteiger partial charge in [0.2, 0.25) is 0 Å². The van der Waals surface area contributed by atoms with Gasteiger partial charge in [0, 0.05) is 11.8 Å². The molecule has 0 aliphatic rings. The van der Waals surface area contributed by atoms with Gasteiger partial charge in [-0.25, -0.2) is 4.79 Å². The molecule has 1 N–H and O–H groups in total. The summed E-state index contributed by atoms with van der Waals surface area (Å²) in [7, 11) is -0.903. The van der Waals surface area contributed by atoms with E-state index in [0.717, 1.165) is 5.30 Å². The largest absolute Gasteiger partial charge is 0.444 e. The third kappa shape index (κ3) is 6.93. The van der Waals surface area contributed by atoms with Crippen LogP contribution in [0.4, 0.5) is 4.79 Å². The highest BCUT2D eigenvalue weighted by Gasteiger charge is 2.21. The van der Waals surface area contributed by atoms with E-state index in [2.05, 4.69) is 29.6 Å². The molecule has 1 amide bonds. The molecule has 0 saturated heterocycles. The first-order valence-corrected chi connectivity index (χ1v) is 11.8. The highest BCUT2D eigenvalue weighted by Crippen LogP contribution is 2.36. The van der Waals surface area contributed by atoms with Crippen molar-refractivity contribution in [1.82, 2.24) is 5.32 Å². The lowest BCUT2D eigenvalue weighted by Gasteiger charge is -2.22. The fourth-order valence-corrected chi connectivity index (χ4v) is 5.43.